The van der Waals surface area contributed by atoms with Gasteiger partial charge in [-0.15, -0.1) is 0 Å². The van der Waals surface area contributed by atoms with Crippen LogP contribution in [0.4, 0.5) is 17.1 Å². The zero-order chi connectivity index (χ0) is 42.8. The predicted octanol–water partition coefficient (Wildman–Crippen LogP) is 17.9. The number of rotatable bonds is 7. The molecule has 13 rings (SSSR count). The first-order valence-corrected chi connectivity index (χ1v) is 22.1. The summed E-state index contributed by atoms with van der Waals surface area (Å²) in [4.78, 5) is 2.38. The molecule has 0 saturated heterocycles. The lowest BCUT2D eigenvalue weighted by Gasteiger charge is -2.27. The van der Waals surface area contributed by atoms with E-state index >= 15 is 0 Å². The molecule has 11 aromatic carbocycles. The fourth-order valence-electron chi connectivity index (χ4n) is 9.83. The number of anilines is 3. The molecular formula is C62H39NO2. The summed E-state index contributed by atoms with van der Waals surface area (Å²) >= 11 is 0. The molecule has 0 atom stereocenters. The topological polar surface area (TPSA) is 29.5 Å². The van der Waals surface area contributed by atoms with E-state index in [9.17, 15) is 0 Å². The van der Waals surface area contributed by atoms with E-state index in [1.807, 2.05) is 6.07 Å². The van der Waals surface area contributed by atoms with E-state index in [2.05, 4.69) is 235 Å². The third kappa shape index (κ3) is 6.28. The van der Waals surface area contributed by atoms with Gasteiger partial charge in [0.1, 0.15) is 22.3 Å². The van der Waals surface area contributed by atoms with Crippen molar-refractivity contribution in [2.24, 2.45) is 0 Å². The van der Waals surface area contributed by atoms with Crippen LogP contribution < -0.4 is 4.90 Å². The fraction of sp³-hybridized carbons (Fsp3) is 0. The Morgan fingerprint density at radius 2 is 0.815 bits per heavy atom. The highest BCUT2D eigenvalue weighted by Crippen LogP contribution is 2.48. The van der Waals surface area contributed by atoms with Gasteiger partial charge in [-0.2, -0.15) is 0 Å². The number of fused-ring (bicyclic) bond motifs is 9. The second kappa shape index (κ2) is 15.0. The lowest BCUT2D eigenvalue weighted by atomic mass is 9.96. The molecule has 2 heterocycles. The summed E-state index contributed by atoms with van der Waals surface area (Å²) in [6.45, 7) is 0. The first kappa shape index (κ1) is 36.9. The lowest BCUT2D eigenvalue weighted by Crippen LogP contribution is -2.10. The predicted molar refractivity (Wildman–Crippen MR) is 272 cm³/mol. The standard InChI is InChI=1S/C62H39NO2/c1-4-12-40(13-5-1)47-26-31-53-56-39-50(30-35-58(56)64-59(53)37-47)63(49-28-24-42(25-29-49)46-23-22-45-21-20-44-18-10-11-19-51(44)55(45)36-46)57-34-33-52(43-16-8-3-9-17-43)62-61(57)54-32-27-48(38-60(54)65-62)41-14-6-2-7-15-41/h1-39H. The van der Waals surface area contributed by atoms with Crippen LogP contribution in [0.5, 0.6) is 0 Å². The molecule has 0 unspecified atom stereocenters. The highest BCUT2D eigenvalue weighted by atomic mass is 16.3. The molecule has 0 spiro atoms. The molecule has 304 valence electrons. The van der Waals surface area contributed by atoms with Crippen LogP contribution in [0.1, 0.15) is 0 Å². The molecule has 0 N–H and O–H groups in total. The molecule has 0 aliphatic rings. The Balaban J connectivity index is 1.02. The zero-order valence-corrected chi connectivity index (χ0v) is 35.3. The number of nitrogens with zero attached hydrogens (tertiary/aromatic N) is 1. The maximum absolute atomic E-state index is 7.03. The van der Waals surface area contributed by atoms with Crippen LogP contribution in [0.3, 0.4) is 0 Å². The van der Waals surface area contributed by atoms with Gasteiger partial charge in [0.25, 0.3) is 0 Å². The van der Waals surface area contributed by atoms with Crippen molar-refractivity contribution in [3.63, 3.8) is 0 Å². The normalized spacial score (nSPS) is 11.7. The summed E-state index contributed by atoms with van der Waals surface area (Å²) in [6, 6.07) is 84.6. The van der Waals surface area contributed by atoms with Gasteiger partial charge in [0, 0.05) is 33.1 Å². The molecule has 0 saturated carbocycles. The van der Waals surface area contributed by atoms with Crippen LogP contribution in [0.25, 0.3) is 110 Å². The Kier molecular flexibility index (Phi) is 8.53. The molecule has 0 aliphatic carbocycles. The fourth-order valence-corrected chi connectivity index (χ4v) is 9.83. The average Bonchev–Trinajstić information content (AvgIpc) is 3.95. The van der Waals surface area contributed by atoms with Crippen LogP contribution in [-0.4, -0.2) is 0 Å². The molecule has 0 fully saturated rings. The van der Waals surface area contributed by atoms with Crippen molar-refractivity contribution in [1.82, 2.24) is 0 Å². The summed E-state index contributed by atoms with van der Waals surface area (Å²) in [5.41, 5.74) is 15.5. The van der Waals surface area contributed by atoms with Crippen molar-refractivity contribution in [1.29, 1.82) is 0 Å². The lowest BCUT2D eigenvalue weighted by molar-refractivity contribution is 0.669. The Hall–Kier alpha value is -8.66. The largest absolute Gasteiger partial charge is 0.456 e. The van der Waals surface area contributed by atoms with Crippen LogP contribution in [0.2, 0.25) is 0 Å². The highest BCUT2D eigenvalue weighted by Gasteiger charge is 2.24. The minimum absolute atomic E-state index is 0.843. The van der Waals surface area contributed by atoms with E-state index in [4.69, 9.17) is 8.83 Å². The monoisotopic (exact) mass is 829 g/mol. The molecule has 3 nitrogen and oxygen atoms in total. The summed E-state index contributed by atoms with van der Waals surface area (Å²) in [6.07, 6.45) is 0. The summed E-state index contributed by atoms with van der Waals surface area (Å²) < 4.78 is 13.6. The van der Waals surface area contributed by atoms with Crippen molar-refractivity contribution < 1.29 is 8.83 Å². The molecule has 0 bridgehead atoms. The smallest absolute Gasteiger partial charge is 0.145 e. The zero-order valence-electron chi connectivity index (χ0n) is 35.3. The van der Waals surface area contributed by atoms with Gasteiger partial charge >= 0.3 is 0 Å². The third-order valence-electron chi connectivity index (χ3n) is 13.1. The molecule has 0 amide bonds. The van der Waals surface area contributed by atoms with Crippen LogP contribution in [-0.2, 0) is 0 Å². The third-order valence-corrected chi connectivity index (χ3v) is 13.1. The van der Waals surface area contributed by atoms with Crippen LogP contribution in [0, 0.1) is 0 Å². The van der Waals surface area contributed by atoms with Crippen molar-refractivity contribution in [2.45, 2.75) is 0 Å². The number of hydrogen-bond acceptors (Lipinski definition) is 3. The molecule has 2 aromatic heterocycles. The molecule has 13 aromatic rings. The van der Waals surface area contributed by atoms with E-state index in [0.29, 0.717) is 0 Å². The molecule has 0 radical (unpaired) electrons. The second-order valence-corrected chi connectivity index (χ2v) is 16.8. The van der Waals surface area contributed by atoms with E-state index in [-0.39, 0.29) is 0 Å². The maximum Gasteiger partial charge on any atom is 0.145 e. The molecule has 3 heteroatoms. The molecular weight excluding hydrogens is 791 g/mol. The van der Waals surface area contributed by atoms with E-state index < -0.39 is 0 Å². The summed E-state index contributed by atoms with van der Waals surface area (Å²) in [5, 5.41) is 9.24. The van der Waals surface area contributed by atoms with Gasteiger partial charge in [0.05, 0.1) is 11.1 Å². The SMILES string of the molecule is c1ccc(-c2ccc3c(c2)oc2ccc(N(c4ccc(-c5ccc6ccc7ccccc7c6c5)cc4)c4ccc(-c5ccccc5)c5oc6cc(-c7ccccc7)ccc6c45)cc23)cc1. The first-order valence-electron chi connectivity index (χ1n) is 22.1. The minimum atomic E-state index is 0.843. The van der Waals surface area contributed by atoms with Crippen LogP contribution in [0.15, 0.2) is 245 Å². The van der Waals surface area contributed by atoms with E-state index in [0.717, 1.165) is 99.9 Å². The van der Waals surface area contributed by atoms with E-state index in [1.54, 1.807) is 0 Å². The van der Waals surface area contributed by atoms with Crippen molar-refractivity contribution in [3.8, 4) is 44.5 Å². The van der Waals surface area contributed by atoms with Crippen molar-refractivity contribution >= 4 is 82.5 Å². The average molecular weight is 830 g/mol. The summed E-state index contributed by atoms with van der Waals surface area (Å²) in [7, 11) is 0. The Bertz CT molecular complexity index is 3920. The Morgan fingerprint density at radius 3 is 1.54 bits per heavy atom. The summed E-state index contributed by atoms with van der Waals surface area (Å²) in [5.74, 6) is 0. The maximum atomic E-state index is 7.03. The quantitative estimate of drug-likeness (QED) is 0.150. The van der Waals surface area contributed by atoms with Gasteiger partial charge in [-0.3, -0.25) is 0 Å². The van der Waals surface area contributed by atoms with Crippen LogP contribution >= 0.6 is 0 Å². The van der Waals surface area contributed by atoms with Gasteiger partial charge in [-0.05, 0) is 133 Å². The van der Waals surface area contributed by atoms with Gasteiger partial charge in [0.2, 0.25) is 0 Å². The minimum Gasteiger partial charge on any atom is -0.456 e. The molecule has 65 heavy (non-hydrogen) atoms. The van der Waals surface area contributed by atoms with Crippen molar-refractivity contribution in [3.05, 3.63) is 237 Å². The van der Waals surface area contributed by atoms with Gasteiger partial charge in [-0.1, -0.05) is 164 Å². The van der Waals surface area contributed by atoms with Gasteiger partial charge in [-0.25, -0.2) is 0 Å². The van der Waals surface area contributed by atoms with Gasteiger partial charge in [0.15, 0.2) is 0 Å². The second-order valence-electron chi connectivity index (χ2n) is 16.8. The number of benzene rings is 11. The Morgan fingerprint density at radius 1 is 0.277 bits per heavy atom. The number of hydrogen-bond donors (Lipinski definition) is 0. The van der Waals surface area contributed by atoms with Crippen molar-refractivity contribution in [2.75, 3.05) is 4.90 Å². The Labute approximate surface area is 375 Å². The molecule has 0 aliphatic heterocycles. The highest BCUT2D eigenvalue weighted by molar-refractivity contribution is 6.18. The van der Waals surface area contributed by atoms with E-state index in [1.165, 1.54) is 27.1 Å². The van der Waals surface area contributed by atoms with Gasteiger partial charge < -0.3 is 13.7 Å². The first-order chi connectivity index (χ1) is 32.2. The number of furan rings is 2.